The van der Waals surface area contributed by atoms with Gasteiger partial charge in [0.25, 0.3) is 0 Å². The Morgan fingerprint density at radius 2 is 2.00 bits per heavy atom. The van der Waals surface area contributed by atoms with Crippen molar-refractivity contribution < 1.29 is 0 Å². The van der Waals surface area contributed by atoms with Crippen LogP contribution in [0.4, 0.5) is 0 Å². The molecule has 0 bridgehead atoms. The summed E-state index contributed by atoms with van der Waals surface area (Å²) in [5.74, 6) is 8.37. The van der Waals surface area contributed by atoms with Gasteiger partial charge >= 0.3 is 0 Å². The number of nitrogens with one attached hydrogen (secondary N) is 1. The van der Waals surface area contributed by atoms with Gasteiger partial charge in [0.1, 0.15) is 0 Å². The zero-order chi connectivity index (χ0) is 9.26. The molecule has 0 amide bonds. The van der Waals surface area contributed by atoms with Gasteiger partial charge in [0.2, 0.25) is 0 Å². The average molecular weight is 180 g/mol. The van der Waals surface area contributed by atoms with E-state index in [2.05, 4.69) is 12.0 Å². The third-order valence-electron chi connectivity index (χ3n) is 3.82. The van der Waals surface area contributed by atoms with Gasteiger partial charge in [0, 0.05) is 6.04 Å². The minimum absolute atomic E-state index is 0.491. The Morgan fingerprint density at radius 3 is 2.46 bits per heavy atom. The van der Waals surface area contributed by atoms with Gasteiger partial charge in [-0.15, -0.1) is 6.58 Å². The van der Waals surface area contributed by atoms with Gasteiger partial charge in [-0.1, -0.05) is 18.9 Å². The molecule has 2 fully saturated rings. The molecule has 0 heterocycles. The van der Waals surface area contributed by atoms with Gasteiger partial charge in [0.05, 0.1) is 0 Å². The van der Waals surface area contributed by atoms with Crippen molar-refractivity contribution in [2.24, 2.45) is 23.6 Å². The Bertz CT molecular complexity index is 179. The normalized spacial score (nSPS) is 39.3. The van der Waals surface area contributed by atoms with Crippen molar-refractivity contribution in [2.75, 3.05) is 0 Å². The number of rotatable bonds is 4. The number of nitrogens with two attached hydrogens (primary N) is 1. The van der Waals surface area contributed by atoms with Gasteiger partial charge in [-0.2, -0.15) is 0 Å². The topological polar surface area (TPSA) is 38.0 Å². The fraction of sp³-hybridized carbons (Fsp3) is 0.818. The van der Waals surface area contributed by atoms with E-state index in [1.54, 1.807) is 0 Å². The smallest absolute Gasteiger partial charge is 0.0278 e. The van der Waals surface area contributed by atoms with E-state index in [9.17, 15) is 0 Å². The second-order valence-electron chi connectivity index (χ2n) is 4.49. The largest absolute Gasteiger partial charge is 0.271 e. The Kier molecular flexibility index (Phi) is 2.70. The van der Waals surface area contributed by atoms with Gasteiger partial charge in [0.15, 0.2) is 0 Å². The van der Waals surface area contributed by atoms with Gasteiger partial charge in [-0.25, -0.2) is 0 Å². The van der Waals surface area contributed by atoms with E-state index < -0.39 is 0 Å². The third-order valence-corrected chi connectivity index (χ3v) is 3.82. The molecule has 0 aromatic heterocycles. The highest BCUT2D eigenvalue weighted by molar-refractivity contribution is 5.05. The lowest BCUT2D eigenvalue weighted by Crippen LogP contribution is -2.37. The predicted molar refractivity (Wildman–Crippen MR) is 54.9 cm³/mol. The monoisotopic (exact) mass is 180 g/mol. The van der Waals surface area contributed by atoms with Crippen LogP contribution < -0.4 is 11.3 Å². The predicted octanol–water partition coefficient (Wildman–Crippen LogP) is 1.83. The van der Waals surface area contributed by atoms with E-state index in [1.807, 2.05) is 6.08 Å². The molecule has 2 aliphatic carbocycles. The number of fused-ring (bicyclic) bond motifs is 1. The van der Waals surface area contributed by atoms with Gasteiger partial charge in [-0.3, -0.25) is 11.3 Å². The van der Waals surface area contributed by atoms with E-state index in [-0.39, 0.29) is 0 Å². The number of hydrogen-bond donors (Lipinski definition) is 2. The van der Waals surface area contributed by atoms with Crippen LogP contribution in [-0.4, -0.2) is 6.04 Å². The maximum absolute atomic E-state index is 5.56. The van der Waals surface area contributed by atoms with Crippen molar-refractivity contribution in [2.45, 2.75) is 38.1 Å². The highest BCUT2D eigenvalue weighted by Crippen LogP contribution is 2.57. The Hall–Kier alpha value is -0.340. The fourth-order valence-corrected chi connectivity index (χ4v) is 3.16. The van der Waals surface area contributed by atoms with Crippen molar-refractivity contribution >= 4 is 0 Å². The molecule has 2 heteroatoms. The van der Waals surface area contributed by atoms with E-state index in [0.29, 0.717) is 6.04 Å². The molecular formula is C11H20N2. The van der Waals surface area contributed by atoms with E-state index in [1.165, 1.54) is 25.7 Å². The van der Waals surface area contributed by atoms with Crippen LogP contribution in [0, 0.1) is 17.8 Å². The third kappa shape index (κ3) is 1.65. The number of hydrazine groups is 1. The molecule has 2 aliphatic rings. The lowest BCUT2D eigenvalue weighted by molar-refractivity contribution is 0.443. The van der Waals surface area contributed by atoms with Crippen molar-refractivity contribution in [3.05, 3.63) is 12.7 Å². The maximum atomic E-state index is 5.56. The van der Waals surface area contributed by atoms with Crippen LogP contribution in [-0.2, 0) is 0 Å². The molecule has 2 saturated carbocycles. The lowest BCUT2D eigenvalue weighted by Gasteiger charge is -2.13. The Labute approximate surface area is 80.5 Å². The van der Waals surface area contributed by atoms with Gasteiger partial charge < -0.3 is 0 Å². The van der Waals surface area contributed by atoms with Crippen LogP contribution in [0.1, 0.15) is 32.1 Å². The molecule has 2 nitrogen and oxygen atoms in total. The quantitative estimate of drug-likeness (QED) is 0.393. The van der Waals surface area contributed by atoms with E-state index in [4.69, 9.17) is 5.84 Å². The minimum Gasteiger partial charge on any atom is -0.271 e. The summed E-state index contributed by atoms with van der Waals surface area (Å²) < 4.78 is 0. The molecule has 74 valence electrons. The summed E-state index contributed by atoms with van der Waals surface area (Å²) >= 11 is 0. The summed E-state index contributed by atoms with van der Waals surface area (Å²) in [6.45, 7) is 3.78. The molecule has 2 rings (SSSR count). The average Bonchev–Trinajstić information content (AvgIpc) is 2.88. The summed E-state index contributed by atoms with van der Waals surface area (Å²) in [5.41, 5.74) is 2.95. The SMILES string of the molecule is C=CCC(NN)C1C2CCCCC21. The molecule has 0 saturated heterocycles. The highest BCUT2D eigenvalue weighted by Gasteiger charge is 2.53. The maximum Gasteiger partial charge on any atom is 0.0278 e. The van der Waals surface area contributed by atoms with Crippen LogP contribution in [0.3, 0.4) is 0 Å². The second kappa shape index (κ2) is 3.81. The zero-order valence-corrected chi connectivity index (χ0v) is 8.21. The molecular weight excluding hydrogens is 160 g/mol. The minimum atomic E-state index is 0.491. The molecule has 3 N–H and O–H groups in total. The summed E-state index contributed by atoms with van der Waals surface area (Å²) in [6.07, 6.45) is 8.74. The summed E-state index contributed by atoms with van der Waals surface area (Å²) in [7, 11) is 0. The summed E-state index contributed by atoms with van der Waals surface area (Å²) in [4.78, 5) is 0. The van der Waals surface area contributed by atoms with Crippen molar-refractivity contribution in [1.82, 2.24) is 5.43 Å². The Morgan fingerprint density at radius 1 is 1.38 bits per heavy atom. The van der Waals surface area contributed by atoms with Crippen LogP contribution in [0.5, 0.6) is 0 Å². The second-order valence-corrected chi connectivity index (χ2v) is 4.49. The van der Waals surface area contributed by atoms with E-state index in [0.717, 1.165) is 24.2 Å². The molecule has 13 heavy (non-hydrogen) atoms. The van der Waals surface area contributed by atoms with Crippen LogP contribution in [0.2, 0.25) is 0 Å². The summed E-state index contributed by atoms with van der Waals surface area (Å²) in [6, 6.07) is 0.491. The van der Waals surface area contributed by atoms with Crippen molar-refractivity contribution in [1.29, 1.82) is 0 Å². The van der Waals surface area contributed by atoms with Crippen LogP contribution in [0.15, 0.2) is 12.7 Å². The van der Waals surface area contributed by atoms with Crippen LogP contribution >= 0.6 is 0 Å². The van der Waals surface area contributed by atoms with Crippen molar-refractivity contribution in [3.8, 4) is 0 Å². The lowest BCUT2D eigenvalue weighted by atomic mass is 10.0. The van der Waals surface area contributed by atoms with Crippen molar-refractivity contribution in [3.63, 3.8) is 0 Å². The van der Waals surface area contributed by atoms with Crippen LogP contribution in [0.25, 0.3) is 0 Å². The molecule has 0 aromatic carbocycles. The first kappa shape index (κ1) is 9.22. The number of hydrogen-bond acceptors (Lipinski definition) is 2. The molecule has 0 aromatic rings. The standard InChI is InChI=1S/C11H20N2/c1-2-5-10(13-12)11-8-6-3-4-7-9(8)11/h2,8-11,13H,1,3-7,12H2. The molecule has 0 aliphatic heterocycles. The summed E-state index contributed by atoms with van der Waals surface area (Å²) in [5, 5.41) is 0. The zero-order valence-electron chi connectivity index (χ0n) is 8.21. The molecule has 0 spiro atoms. The highest BCUT2D eigenvalue weighted by atomic mass is 15.2. The Balaban J connectivity index is 1.90. The van der Waals surface area contributed by atoms with E-state index >= 15 is 0 Å². The first-order valence-electron chi connectivity index (χ1n) is 5.45. The molecule has 3 atom stereocenters. The molecule has 0 radical (unpaired) electrons. The first-order valence-corrected chi connectivity index (χ1v) is 5.45. The van der Waals surface area contributed by atoms with Gasteiger partial charge in [-0.05, 0) is 37.0 Å². The molecule has 3 unspecified atom stereocenters. The first-order chi connectivity index (χ1) is 6.38. The fourth-order valence-electron chi connectivity index (χ4n) is 3.16.